The largest absolute Gasteiger partial charge is 0.397 e. The molecule has 0 aliphatic carbocycles. The molecule has 0 aliphatic heterocycles. The van der Waals surface area contributed by atoms with Crippen molar-refractivity contribution in [3.8, 4) is 0 Å². The topological polar surface area (TPSA) is 74.2 Å². The summed E-state index contributed by atoms with van der Waals surface area (Å²) in [4.78, 5) is 18.3. The van der Waals surface area contributed by atoms with Gasteiger partial charge in [-0.05, 0) is 51.3 Å². The number of rotatable bonds is 5. The molecule has 0 saturated carbocycles. The van der Waals surface area contributed by atoms with Gasteiger partial charge in [-0.15, -0.1) is 0 Å². The van der Waals surface area contributed by atoms with E-state index in [4.69, 9.17) is 5.73 Å². The highest BCUT2D eigenvalue weighted by molar-refractivity contribution is 6.04. The molecule has 120 valence electrons. The highest BCUT2D eigenvalue weighted by Gasteiger charge is 2.11. The fourth-order valence-corrected chi connectivity index (χ4v) is 2.81. The number of benzene rings is 2. The van der Waals surface area contributed by atoms with Gasteiger partial charge in [-0.25, -0.2) is 0 Å². The molecular formula is C18H22N4O. The van der Waals surface area contributed by atoms with Crippen LogP contribution >= 0.6 is 0 Å². The van der Waals surface area contributed by atoms with Crippen LogP contribution in [0.25, 0.3) is 21.8 Å². The minimum atomic E-state index is 0.0109. The average molecular weight is 310 g/mol. The Kier molecular flexibility index (Phi) is 4.21. The Balaban J connectivity index is 2.07. The SMILES string of the molecule is CN(C)CCCNc1ccc(N)c2[nH]c3ccccc3c(=O)c12. The summed E-state index contributed by atoms with van der Waals surface area (Å²) in [5, 5.41) is 4.69. The van der Waals surface area contributed by atoms with Crippen LogP contribution in [0.5, 0.6) is 0 Å². The van der Waals surface area contributed by atoms with E-state index in [2.05, 4.69) is 29.3 Å². The molecule has 0 unspecified atom stereocenters. The number of fused-ring (bicyclic) bond motifs is 2. The number of H-pyrrole nitrogens is 1. The molecule has 4 N–H and O–H groups in total. The van der Waals surface area contributed by atoms with E-state index < -0.39 is 0 Å². The van der Waals surface area contributed by atoms with Crippen molar-refractivity contribution in [1.82, 2.24) is 9.88 Å². The smallest absolute Gasteiger partial charge is 0.199 e. The molecule has 0 spiro atoms. The molecule has 3 aromatic rings. The van der Waals surface area contributed by atoms with Crippen LogP contribution in [-0.2, 0) is 0 Å². The molecule has 0 aliphatic rings. The third-order valence-electron chi connectivity index (χ3n) is 3.99. The lowest BCUT2D eigenvalue weighted by molar-refractivity contribution is 0.405. The van der Waals surface area contributed by atoms with Crippen LogP contribution in [0.3, 0.4) is 0 Å². The number of nitrogens with one attached hydrogen (secondary N) is 2. The first-order chi connectivity index (χ1) is 11.1. The molecule has 1 aromatic heterocycles. The molecule has 5 heteroatoms. The maximum atomic E-state index is 12.9. The number of para-hydroxylation sites is 1. The highest BCUT2D eigenvalue weighted by atomic mass is 16.1. The summed E-state index contributed by atoms with van der Waals surface area (Å²) in [5.41, 5.74) is 9.01. The fourth-order valence-electron chi connectivity index (χ4n) is 2.81. The van der Waals surface area contributed by atoms with E-state index in [-0.39, 0.29) is 5.43 Å². The van der Waals surface area contributed by atoms with Crippen molar-refractivity contribution in [2.75, 3.05) is 38.2 Å². The molecule has 0 amide bonds. The second-order valence-electron chi connectivity index (χ2n) is 6.04. The van der Waals surface area contributed by atoms with Gasteiger partial charge in [0.05, 0.1) is 16.6 Å². The Morgan fingerprint density at radius 3 is 2.74 bits per heavy atom. The summed E-state index contributed by atoms with van der Waals surface area (Å²) >= 11 is 0. The first-order valence-corrected chi connectivity index (χ1v) is 7.80. The van der Waals surface area contributed by atoms with Crippen LogP contribution < -0.4 is 16.5 Å². The number of anilines is 2. The summed E-state index contributed by atoms with van der Waals surface area (Å²) in [6.45, 7) is 1.81. The molecule has 0 bridgehead atoms. The zero-order valence-electron chi connectivity index (χ0n) is 13.5. The van der Waals surface area contributed by atoms with Crippen molar-refractivity contribution in [3.63, 3.8) is 0 Å². The second-order valence-corrected chi connectivity index (χ2v) is 6.04. The molecule has 5 nitrogen and oxygen atoms in total. The van der Waals surface area contributed by atoms with Crippen LogP contribution in [0.2, 0.25) is 0 Å². The number of nitrogens with two attached hydrogens (primary N) is 1. The van der Waals surface area contributed by atoms with Gasteiger partial charge in [0.1, 0.15) is 0 Å². The molecule has 0 fully saturated rings. The van der Waals surface area contributed by atoms with E-state index >= 15 is 0 Å². The maximum Gasteiger partial charge on any atom is 0.199 e. The number of nitrogens with zero attached hydrogens (tertiary/aromatic N) is 1. The minimum Gasteiger partial charge on any atom is -0.397 e. The van der Waals surface area contributed by atoms with Crippen LogP contribution in [0.15, 0.2) is 41.2 Å². The predicted octanol–water partition coefficient (Wildman–Crippen LogP) is 2.63. The monoisotopic (exact) mass is 310 g/mol. The van der Waals surface area contributed by atoms with E-state index in [9.17, 15) is 4.79 Å². The van der Waals surface area contributed by atoms with Crippen molar-refractivity contribution in [3.05, 3.63) is 46.6 Å². The van der Waals surface area contributed by atoms with Crippen molar-refractivity contribution < 1.29 is 0 Å². The first kappa shape index (κ1) is 15.4. The highest BCUT2D eigenvalue weighted by Crippen LogP contribution is 2.26. The molecular weight excluding hydrogens is 288 g/mol. The quantitative estimate of drug-likeness (QED) is 0.385. The van der Waals surface area contributed by atoms with Crippen molar-refractivity contribution in [2.24, 2.45) is 0 Å². The molecule has 2 aromatic carbocycles. The van der Waals surface area contributed by atoms with Crippen LogP contribution in [0.1, 0.15) is 6.42 Å². The number of aromatic amines is 1. The Bertz CT molecular complexity index is 899. The third-order valence-corrected chi connectivity index (χ3v) is 3.99. The number of hydrogen-bond acceptors (Lipinski definition) is 4. The Labute approximate surface area is 135 Å². The lowest BCUT2D eigenvalue weighted by atomic mass is 10.1. The van der Waals surface area contributed by atoms with E-state index in [0.29, 0.717) is 22.0 Å². The second kappa shape index (κ2) is 6.30. The van der Waals surface area contributed by atoms with Crippen molar-refractivity contribution in [1.29, 1.82) is 0 Å². The number of nitrogen functional groups attached to an aromatic ring is 1. The van der Waals surface area contributed by atoms with E-state index in [1.165, 1.54) is 0 Å². The van der Waals surface area contributed by atoms with Gasteiger partial charge in [-0.1, -0.05) is 12.1 Å². The van der Waals surface area contributed by atoms with Crippen LogP contribution in [0, 0.1) is 0 Å². The lowest BCUT2D eigenvalue weighted by Crippen LogP contribution is -2.17. The Hall–Kier alpha value is -2.53. The van der Waals surface area contributed by atoms with Crippen molar-refractivity contribution in [2.45, 2.75) is 6.42 Å². The van der Waals surface area contributed by atoms with Gasteiger partial charge >= 0.3 is 0 Å². The zero-order valence-corrected chi connectivity index (χ0v) is 13.5. The molecule has 0 radical (unpaired) electrons. The van der Waals surface area contributed by atoms with Gasteiger partial charge in [-0.3, -0.25) is 4.79 Å². The number of hydrogen-bond donors (Lipinski definition) is 3. The lowest BCUT2D eigenvalue weighted by Gasteiger charge is -2.13. The molecule has 0 atom stereocenters. The predicted molar refractivity (Wildman–Crippen MR) is 98.1 cm³/mol. The summed E-state index contributed by atoms with van der Waals surface area (Å²) in [6.07, 6.45) is 1.00. The van der Waals surface area contributed by atoms with Crippen LogP contribution in [0.4, 0.5) is 11.4 Å². The first-order valence-electron chi connectivity index (χ1n) is 7.80. The molecule has 3 rings (SSSR count). The van der Waals surface area contributed by atoms with Crippen molar-refractivity contribution >= 4 is 33.2 Å². The van der Waals surface area contributed by atoms with Gasteiger partial charge in [-0.2, -0.15) is 0 Å². The summed E-state index contributed by atoms with van der Waals surface area (Å²) < 4.78 is 0. The normalized spacial score (nSPS) is 11.4. The summed E-state index contributed by atoms with van der Waals surface area (Å²) in [6, 6.07) is 11.2. The van der Waals surface area contributed by atoms with E-state index in [1.807, 2.05) is 36.4 Å². The van der Waals surface area contributed by atoms with Gasteiger partial charge in [0.15, 0.2) is 5.43 Å². The summed E-state index contributed by atoms with van der Waals surface area (Å²) in [7, 11) is 4.10. The van der Waals surface area contributed by atoms with E-state index in [1.54, 1.807) is 0 Å². The number of pyridine rings is 1. The summed E-state index contributed by atoms with van der Waals surface area (Å²) in [5.74, 6) is 0. The van der Waals surface area contributed by atoms with Gasteiger partial charge in [0.25, 0.3) is 0 Å². The van der Waals surface area contributed by atoms with E-state index in [0.717, 1.165) is 30.7 Å². The fraction of sp³-hybridized carbons (Fsp3) is 0.278. The van der Waals surface area contributed by atoms with Gasteiger partial charge < -0.3 is 20.9 Å². The zero-order chi connectivity index (χ0) is 16.4. The number of aromatic nitrogens is 1. The minimum absolute atomic E-state index is 0.0109. The Morgan fingerprint density at radius 1 is 1.17 bits per heavy atom. The van der Waals surface area contributed by atoms with Crippen LogP contribution in [-0.4, -0.2) is 37.1 Å². The molecule has 0 saturated heterocycles. The average Bonchev–Trinajstić information content (AvgIpc) is 2.54. The van der Waals surface area contributed by atoms with Gasteiger partial charge in [0, 0.05) is 23.1 Å². The molecule has 1 heterocycles. The molecule has 23 heavy (non-hydrogen) atoms. The van der Waals surface area contributed by atoms with Gasteiger partial charge in [0.2, 0.25) is 0 Å². The maximum absolute atomic E-state index is 12.9. The third kappa shape index (κ3) is 3.00. The Morgan fingerprint density at radius 2 is 1.96 bits per heavy atom. The standard InChI is InChI=1S/C18H22N4O/c1-22(2)11-5-10-20-15-9-8-13(19)17-16(15)18(23)12-6-3-4-7-14(12)21-17/h3-4,6-9,20H,5,10-11,19H2,1-2H3,(H,21,23).